The monoisotopic (exact) mass is 239 g/mol. The van der Waals surface area contributed by atoms with E-state index in [0.717, 1.165) is 5.56 Å². The van der Waals surface area contributed by atoms with Crippen LogP contribution in [-0.4, -0.2) is 20.1 Å². The van der Waals surface area contributed by atoms with Crippen LogP contribution in [0.25, 0.3) is 10.8 Å². The van der Waals surface area contributed by atoms with E-state index in [1.807, 2.05) is 12.1 Å². The van der Waals surface area contributed by atoms with E-state index < -0.39 is 0 Å². The molecule has 0 bridgehead atoms. The molecule has 3 rings (SSSR count). The van der Waals surface area contributed by atoms with Crippen molar-refractivity contribution in [3.63, 3.8) is 0 Å². The minimum absolute atomic E-state index is 0.00390. The first kappa shape index (κ1) is 10.8. The van der Waals surface area contributed by atoms with Gasteiger partial charge >= 0.3 is 0 Å². The zero-order valence-electron chi connectivity index (χ0n) is 10.0. The highest BCUT2D eigenvalue weighted by molar-refractivity contribution is 5.82. The molecule has 0 aliphatic heterocycles. The molecule has 4 nitrogen and oxygen atoms in total. The van der Waals surface area contributed by atoms with Gasteiger partial charge in [0.15, 0.2) is 0 Å². The van der Waals surface area contributed by atoms with E-state index in [4.69, 9.17) is 0 Å². The topological polar surface area (TPSA) is 50.9 Å². The van der Waals surface area contributed by atoms with Gasteiger partial charge < -0.3 is 5.11 Å². The molecule has 3 aromatic rings. The fraction of sp³-hybridized carbons (Fsp3) is 0.143. The highest BCUT2D eigenvalue weighted by Gasteiger charge is 2.07. The highest BCUT2D eigenvalue weighted by Crippen LogP contribution is 2.17. The van der Waals surface area contributed by atoms with Crippen LogP contribution in [0.3, 0.4) is 0 Å². The molecule has 90 valence electrons. The van der Waals surface area contributed by atoms with E-state index in [1.54, 1.807) is 11.6 Å². The molecule has 0 saturated carbocycles. The quantitative estimate of drug-likeness (QED) is 0.747. The summed E-state index contributed by atoms with van der Waals surface area (Å²) in [4.78, 5) is 0. The highest BCUT2D eigenvalue weighted by atomic mass is 16.3. The number of rotatable bonds is 2. The average Bonchev–Trinajstić information content (AvgIpc) is 2.71. The lowest BCUT2D eigenvalue weighted by atomic mass is 10.1. The molecule has 0 atom stereocenters. The molecule has 2 aromatic carbocycles. The maximum atomic E-state index is 9.40. The second-order valence-corrected chi connectivity index (χ2v) is 4.34. The van der Waals surface area contributed by atoms with Gasteiger partial charge in [-0.15, -0.1) is 0 Å². The minimum Gasteiger partial charge on any atom is -0.491 e. The molecule has 1 heterocycles. The molecule has 0 spiro atoms. The van der Waals surface area contributed by atoms with Crippen LogP contribution >= 0.6 is 0 Å². The van der Waals surface area contributed by atoms with E-state index in [1.165, 1.54) is 10.8 Å². The second kappa shape index (κ2) is 4.14. The van der Waals surface area contributed by atoms with Crippen molar-refractivity contribution in [2.45, 2.75) is 13.5 Å². The molecular weight excluding hydrogens is 226 g/mol. The van der Waals surface area contributed by atoms with E-state index in [9.17, 15) is 5.11 Å². The lowest BCUT2D eigenvalue weighted by Crippen LogP contribution is -2.03. The Labute approximate surface area is 104 Å². The molecule has 18 heavy (non-hydrogen) atoms. The van der Waals surface area contributed by atoms with Gasteiger partial charge in [-0.1, -0.05) is 46.7 Å². The summed E-state index contributed by atoms with van der Waals surface area (Å²) >= 11 is 0. The Morgan fingerprint density at radius 3 is 2.61 bits per heavy atom. The lowest BCUT2D eigenvalue weighted by Gasteiger charge is -2.05. The SMILES string of the molecule is Cc1c(O)nnn1Cc1ccc2ccccc2c1. The van der Waals surface area contributed by atoms with Crippen molar-refractivity contribution in [2.24, 2.45) is 0 Å². The van der Waals surface area contributed by atoms with Crippen LogP contribution < -0.4 is 0 Å². The predicted octanol–water partition coefficient (Wildman–Crippen LogP) is 2.49. The van der Waals surface area contributed by atoms with Crippen LogP contribution in [0.4, 0.5) is 0 Å². The van der Waals surface area contributed by atoms with Crippen molar-refractivity contribution < 1.29 is 5.11 Å². The number of nitrogens with zero attached hydrogens (tertiary/aromatic N) is 3. The fourth-order valence-corrected chi connectivity index (χ4v) is 2.01. The van der Waals surface area contributed by atoms with E-state index in [2.05, 4.69) is 40.6 Å². The summed E-state index contributed by atoms with van der Waals surface area (Å²) in [6.45, 7) is 2.42. The third-order valence-electron chi connectivity index (χ3n) is 3.10. The third kappa shape index (κ3) is 1.82. The average molecular weight is 239 g/mol. The van der Waals surface area contributed by atoms with Crippen LogP contribution in [0.1, 0.15) is 11.3 Å². The zero-order chi connectivity index (χ0) is 12.5. The van der Waals surface area contributed by atoms with Gasteiger partial charge in [0.25, 0.3) is 5.88 Å². The van der Waals surface area contributed by atoms with Gasteiger partial charge in [-0.2, -0.15) is 0 Å². The summed E-state index contributed by atoms with van der Waals surface area (Å²) < 4.78 is 1.69. The summed E-state index contributed by atoms with van der Waals surface area (Å²) in [5.41, 5.74) is 1.82. The fourth-order valence-electron chi connectivity index (χ4n) is 2.01. The standard InChI is InChI=1S/C14H13N3O/c1-10-14(18)15-16-17(10)9-11-6-7-12-4-2-3-5-13(12)8-11/h2-8,18H,9H2,1H3. The largest absolute Gasteiger partial charge is 0.491 e. The summed E-state index contributed by atoms with van der Waals surface area (Å²) in [7, 11) is 0. The van der Waals surface area contributed by atoms with Crippen molar-refractivity contribution in [1.82, 2.24) is 15.0 Å². The van der Waals surface area contributed by atoms with Gasteiger partial charge in [-0.3, -0.25) is 0 Å². The van der Waals surface area contributed by atoms with Crippen molar-refractivity contribution in [2.75, 3.05) is 0 Å². The molecular formula is C14H13N3O. The van der Waals surface area contributed by atoms with Crippen LogP contribution in [0, 0.1) is 6.92 Å². The molecule has 0 fully saturated rings. The van der Waals surface area contributed by atoms with Gasteiger partial charge in [0.1, 0.15) is 0 Å². The van der Waals surface area contributed by atoms with Crippen LogP contribution in [0.5, 0.6) is 5.88 Å². The Bertz CT molecular complexity index is 703. The predicted molar refractivity (Wildman–Crippen MR) is 69.5 cm³/mol. The van der Waals surface area contributed by atoms with Crippen molar-refractivity contribution in [3.8, 4) is 5.88 Å². The summed E-state index contributed by atoms with van der Waals surface area (Å²) in [6, 6.07) is 14.5. The van der Waals surface area contributed by atoms with Crippen molar-refractivity contribution >= 4 is 10.8 Å². The number of fused-ring (bicyclic) bond motifs is 1. The second-order valence-electron chi connectivity index (χ2n) is 4.34. The van der Waals surface area contributed by atoms with Crippen LogP contribution in [0.15, 0.2) is 42.5 Å². The molecule has 0 aliphatic rings. The normalized spacial score (nSPS) is 10.9. The molecule has 1 N–H and O–H groups in total. The summed E-state index contributed by atoms with van der Waals surface area (Å²) in [5.74, 6) is -0.00390. The number of hydrogen-bond donors (Lipinski definition) is 1. The molecule has 4 heteroatoms. The lowest BCUT2D eigenvalue weighted by molar-refractivity contribution is 0.448. The first-order valence-corrected chi connectivity index (χ1v) is 5.81. The molecule has 0 unspecified atom stereocenters. The zero-order valence-corrected chi connectivity index (χ0v) is 10.0. The Balaban J connectivity index is 1.98. The number of aromatic nitrogens is 3. The van der Waals surface area contributed by atoms with Gasteiger partial charge in [-0.25, -0.2) is 4.68 Å². The van der Waals surface area contributed by atoms with Gasteiger partial charge in [0.2, 0.25) is 0 Å². The molecule has 0 saturated heterocycles. The molecule has 0 aliphatic carbocycles. The minimum atomic E-state index is -0.00390. The Kier molecular flexibility index (Phi) is 2.48. The maximum absolute atomic E-state index is 9.40. The van der Waals surface area contributed by atoms with E-state index in [-0.39, 0.29) is 5.88 Å². The van der Waals surface area contributed by atoms with Gasteiger partial charge in [0.05, 0.1) is 12.2 Å². The third-order valence-corrected chi connectivity index (χ3v) is 3.10. The first-order valence-electron chi connectivity index (χ1n) is 5.81. The Morgan fingerprint density at radius 2 is 1.89 bits per heavy atom. The van der Waals surface area contributed by atoms with Crippen molar-refractivity contribution in [3.05, 3.63) is 53.7 Å². The number of hydrogen-bond acceptors (Lipinski definition) is 3. The van der Waals surface area contributed by atoms with Crippen LogP contribution in [0.2, 0.25) is 0 Å². The van der Waals surface area contributed by atoms with Gasteiger partial charge in [-0.05, 0) is 29.3 Å². The molecule has 0 radical (unpaired) electrons. The first-order chi connectivity index (χ1) is 8.74. The molecule has 1 aromatic heterocycles. The van der Waals surface area contributed by atoms with Crippen LogP contribution in [-0.2, 0) is 6.54 Å². The maximum Gasteiger partial charge on any atom is 0.254 e. The van der Waals surface area contributed by atoms with E-state index in [0.29, 0.717) is 12.2 Å². The van der Waals surface area contributed by atoms with Gasteiger partial charge in [0, 0.05) is 0 Å². The van der Waals surface area contributed by atoms with Crippen molar-refractivity contribution in [1.29, 1.82) is 0 Å². The Hall–Kier alpha value is -2.36. The smallest absolute Gasteiger partial charge is 0.254 e. The number of aromatic hydroxyl groups is 1. The summed E-state index contributed by atoms with van der Waals surface area (Å²) in [6.07, 6.45) is 0. The molecule has 0 amide bonds. The Morgan fingerprint density at radius 1 is 1.11 bits per heavy atom. The number of benzene rings is 2. The van der Waals surface area contributed by atoms with E-state index >= 15 is 0 Å². The summed E-state index contributed by atoms with van der Waals surface area (Å²) in [5, 5.41) is 19.4.